The molecule has 1 fully saturated rings. The van der Waals surface area contributed by atoms with Crippen LogP contribution in [0, 0.1) is 18.6 Å². The van der Waals surface area contributed by atoms with Crippen molar-refractivity contribution in [1.82, 2.24) is 4.98 Å². The van der Waals surface area contributed by atoms with Crippen molar-refractivity contribution in [1.29, 1.82) is 0 Å². The SMILES string of the molecule is Cc1ccc(-c2ccc(C(F)(F)C3(c4ccc(F)cc4F)CO3)nc2)cc1. The fourth-order valence-electron chi connectivity index (χ4n) is 3.10. The molecule has 6 heteroatoms. The van der Waals surface area contributed by atoms with Gasteiger partial charge in [0.1, 0.15) is 17.3 Å². The van der Waals surface area contributed by atoms with Crippen LogP contribution < -0.4 is 0 Å². The van der Waals surface area contributed by atoms with Crippen molar-refractivity contribution in [2.24, 2.45) is 0 Å². The first kappa shape index (κ1) is 17.7. The number of halogens is 4. The van der Waals surface area contributed by atoms with E-state index in [1.54, 1.807) is 0 Å². The molecule has 27 heavy (non-hydrogen) atoms. The summed E-state index contributed by atoms with van der Waals surface area (Å²) in [6.07, 6.45) is 1.35. The van der Waals surface area contributed by atoms with Gasteiger partial charge in [-0.25, -0.2) is 8.78 Å². The maximum atomic E-state index is 15.1. The lowest BCUT2D eigenvalue weighted by Crippen LogP contribution is -2.34. The molecule has 1 aromatic heterocycles. The second-order valence-corrected chi connectivity index (χ2v) is 6.61. The first-order chi connectivity index (χ1) is 12.8. The summed E-state index contributed by atoms with van der Waals surface area (Å²) in [7, 11) is 0. The monoisotopic (exact) mass is 373 g/mol. The molecule has 3 aromatic rings. The van der Waals surface area contributed by atoms with E-state index in [0.29, 0.717) is 11.6 Å². The number of hydrogen-bond donors (Lipinski definition) is 0. The number of hydrogen-bond acceptors (Lipinski definition) is 2. The summed E-state index contributed by atoms with van der Waals surface area (Å²) in [6, 6.07) is 12.8. The van der Waals surface area contributed by atoms with Gasteiger partial charge in [-0.1, -0.05) is 35.9 Å². The third-order valence-corrected chi connectivity index (χ3v) is 4.78. The maximum absolute atomic E-state index is 15.1. The van der Waals surface area contributed by atoms with Crippen molar-refractivity contribution in [3.05, 3.63) is 89.2 Å². The molecule has 1 saturated heterocycles. The highest BCUT2D eigenvalue weighted by Crippen LogP contribution is 2.56. The lowest BCUT2D eigenvalue weighted by molar-refractivity contribution is -0.0901. The molecule has 2 nitrogen and oxygen atoms in total. The Kier molecular flexibility index (Phi) is 4.03. The summed E-state index contributed by atoms with van der Waals surface area (Å²) in [6.45, 7) is 1.58. The van der Waals surface area contributed by atoms with E-state index in [4.69, 9.17) is 4.74 Å². The minimum atomic E-state index is -3.57. The van der Waals surface area contributed by atoms with Crippen LogP contribution in [0.4, 0.5) is 17.6 Å². The average Bonchev–Trinajstić information content (AvgIpc) is 3.45. The van der Waals surface area contributed by atoms with Gasteiger partial charge in [0.2, 0.25) is 0 Å². The zero-order chi connectivity index (χ0) is 19.2. The number of benzene rings is 2. The van der Waals surface area contributed by atoms with Crippen LogP contribution in [0.2, 0.25) is 0 Å². The number of ether oxygens (including phenoxy) is 1. The Morgan fingerprint density at radius 1 is 0.963 bits per heavy atom. The van der Waals surface area contributed by atoms with Crippen LogP contribution in [0.5, 0.6) is 0 Å². The third kappa shape index (κ3) is 2.90. The summed E-state index contributed by atoms with van der Waals surface area (Å²) in [5.41, 5.74) is -0.441. The van der Waals surface area contributed by atoms with Crippen LogP contribution in [-0.4, -0.2) is 11.6 Å². The molecule has 0 N–H and O–H groups in total. The smallest absolute Gasteiger partial charge is 0.324 e. The second kappa shape index (κ2) is 6.16. The van der Waals surface area contributed by atoms with Crippen LogP contribution in [0.3, 0.4) is 0 Å². The predicted octanol–water partition coefficient (Wildman–Crippen LogP) is 5.35. The van der Waals surface area contributed by atoms with E-state index in [9.17, 15) is 8.78 Å². The lowest BCUT2D eigenvalue weighted by atomic mass is 9.90. The Balaban J connectivity index is 1.68. The van der Waals surface area contributed by atoms with Gasteiger partial charge in [-0.15, -0.1) is 0 Å². The summed E-state index contributed by atoms with van der Waals surface area (Å²) < 4.78 is 62.4. The fraction of sp³-hybridized carbons (Fsp3) is 0.190. The quantitative estimate of drug-likeness (QED) is 0.455. The second-order valence-electron chi connectivity index (χ2n) is 6.61. The number of rotatable bonds is 4. The van der Waals surface area contributed by atoms with E-state index >= 15 is 8.78 Å². The standard InChI is InChI=1S/C21H15F4NO/c1-13-2-4-14(5-3-13)15-6-9-19(26-11-15)21(24,25)20(12-27-20)17-8-7-16(22)10-18(17)23/h2-11H,12H2,1H3. The maximum Gasteiger partial charge on any atom is 0.324 e. The molecule has 1 atom stereocenters. The van der Waals surface area contributed by atoms with E-state index < -0.39 is 28.9 Å². The van der Waals surface area contributed by atoms with Crippen molar-refractivity contribution in [3.63, 3.8) is 0 Å². The highest BCUT2D eigenvalue weighted by molar-refractivity contribution is 5.62. The molecule has 1 aliphatic heterocycles. The third-order valence-electron chi connectivity index (χ3n) is 4.78. The van der Waals surface area contributed by atoms with Gasteiger partial charge in [-0.05, 0) is 30.7 Å². The molecule has 2 aromatic carbocycles. The molecule has 0 amide bonds. The molecule has 0 saturated carbocycles. The van der Waals surface area contributed by atoms with Crippen molar-refractivity contribution >= 4 is 0 Å². The van der Waals surface area contributed by atoms with Crippen LogP contribution in [-0.2, 0) is 16.3 Å². The molecule has 2 heterocycles. The normalized spacial score (nSPS) is 19.1. The minimum Gasteiger partial charge on any atom is -0.357 e. The van der Waals surface area contributed by atoms with Gasteiger partial charge in [-0.2, -0.15) is 8.78 Å². The highest BCUT2D eigenvalue weighted by Gasteiger charge is 2.68. The van der Waals surface area contributed by atoms with E-state index in [-0.39, 0.29) is 12.2 Å². The molecule has 4 rings (SSSR count). The predicted molar refractivity (Wildman–Crippen MR) is 92.3 cm³/mol. The van der Waals surface area contributed by atoms with Crippen LogP contribution in [0.25, 0.3) is 11.1 Å². The van der Waals surface area contributed by atoms with Gasteiger partial charge >= 0.3 is 5.92 Å². The van der Waals surface area contributed by atoms with Gasteiger partial charge in [0.25, 0.3) is 0 Å². The topological polar surface area (TPSA) is 25.4 Å². The highest BCUT2D eigenvalue weighted by atomic mass is 19.3. The molecule has 1 unspecified atom stereocenters. The zero-order valence-corrected chi connectivity index (χ0v) is 14.3. The number of pyridine rings is 1. The lowest BCUT2D eigenvalue weighted by Gasteiger charge is -2.24. The Morgan fingerprint density at radius 2 is 1.63 bits per heavy atom. The molecule has 0 spiro atoms. The van der Waals surface area contributed by atoms with E-state index in [0.717, 1.165) is 23.3 Å². The Bertz CT molecular complexity index is 980. The minimum absolute atomic E-state index is 0.371. The van der Waals surface area contributed by atoms with Crippen LogP contribution in [0.1, 0.15) is 16.8 Å². The number of aromatic nitrogens is 1. The van der Waals surface area contributed by atoms with Crippen LogP contribution in [0.15, 0.2) is 60.8 Å². The molecule has 0 radical (unpaired) electrons. The molecular formula is C21H15F4NO. The average molecular weight is 373 g/mol. The van der Waals surface area contributed by atoms with Gasteiger partial charge in [0.15, 0.2) is 5.60 Å². The summed E-state index contributed by atoms with van der Waals surface area (Å²) in [5.74, 6) is -5.48. The van der Waals surface area contributed by atoms with Gasteiger partial charge < -0.3 is 4.74 Å². The zero-order valence-electron chi connectivity index (χ0n) is 14.3. The van der Waals surface area contributed by atoms with Crippen molar-refractivity contribution in [2.45, 2.75) is 18.4 Å². The van der Waals surface area contributed by atoms with E-state index in [1.165, 1.54) is 18.3 Å². The van der Waals surface area contributed by atoms with Gasteiger partial charge in [0, 0.05) is 23.4 Å². The Hall–Kier alpha value is -2.73. The Labute approximate surface area is 153 Å². The van der Waals surface area contributed by atoms with Crippen molar-refractivity contribution < 1.29 is 22.3 Å². The summed E-state index contributed by atoms with van der Waals surface area (Å²) >= 11 is 0. The van der Waals surface area contributed by atoms with Crippen molar-refractivity contribution in [3.8, 4) is 11.1 Å². The first-order valence-corrected chi connectivity index (χ1v) is 8.34. The van der Waals surface area contributed by atoms with Gasteiger partial charge in [0.05, 0.1) is 6.61 Å². The van der Waals surface area contributed by atoms with Crippen molar-refractivity contribution in [2.75, 3.05) is 6.61 Å². The number of nitrogens with zero attached hydrogens (tertiary/aromatic N) is 1. The summed E-state index contributed by atoms with van der Waals surface area (Å²) in [4.78, 5) is 3.90. The molecule has 138 valence electrons. The Morgan fingerprint density at radius 3 is 2.19 bits per heavy atom. The van der Waals surface area contributed by atoms with E-state index in [2.05, 4.69) is 4.98 Å². The largest absolute Gasteiger partial charge is 0.357 e. The number of epoxide rings is 1. The number of alkyl halides is 2. The summed E-state index contributed by atoms with van der Waals surface area (Å²) in [5, 5.41) is 0. The molecule has 0 bridgehead atoms. The van der Waals surface area contributed by atoms with Gasteiger partial charge in [-0.3, -0.25) is 4.98 Å². The number of aryl methyl sites for hydroxylation is 1. The molecule has 0 aliphatic carbocycles. The molecule has 1 aliphatic rings. The van der Waals surface area contributed by atoms with E-state index in [1.807, 2.05) is 31.2 Å². The fourth-order valence-corrected chi connectivity index (χ4v) is 3.10. The van der Waals surface area contributed by atoms with Crippen LogP contribution >= 0.6 is 0 Å². The first-order valence-electron chi connectivity index (χ1n) is 8.34. The molecular weight excluding hydrogens is 358 g/mol.